The van der Waals surface area contributed by atoms with Crippen LogP contribution in [0, 0.1) is 5.41 Å². The lowest BCUT2D eigenvalue weighted by atomic mass is 9.44. The standard InChI is InChI=1S/C10H17O4P/c1-3-13-15(12,14-4-2)10-5-9(6-10,7-10)8-11/h8H,3-7H2,1-2H3. The van der Waals surface area contributed by atoms with E-state index in [9.17, 15) is 9.36 Å². The second kappa shape index (κ2) is 3.41. The molecule has 3 saturated carbocycles. The molecule has 0 spiro atoms. The minimum atomic E-state index is -2.98. The van der Waals surface area contributed by atoms with E-state index in [0.717, 1.165) is 6.29 Å². The van der Waals surface area contributed by atoms with Gasteiger partial charge in [-0.1, -0.05) is 0 Å². The third kappa shape index (κ3) is 1.35. The predicted molar refractivity (Wildman–Crippen MR) is 55.9 cm³/mol. The van der Waals surface area contributed by atoms with Gasteiger partial charge in [0.25, 0.3) is 0 Å². The SMILES string of the molecule is CCOP(=O)(OCC)C12CC(C=O)(C1)C2. The first-order valence-electron chi connectivity index (χ1n) is 5.41. The Labute approximate surface area is 89.9 Å². The average molecular weight is 232 g/mol. The van der Waals surface area contributed by atoms with E-state index in [1.54, 1.807) is 0 Å². The molecule has 0 aliphatic heterocycles. The first-order valence-corrected chi connectivity index (χ1v) is 6.95. The number of hydrogen-bond donors (Lipinski definition) is 0. The van der Waals surface area contributed by atoms with E-state index in [0.29, 0.717) is 32.5 Å². The Morgan fingerprint density at radius 1 is 1.20 bits per heavy atom. The molecule has 3 aliphatic carbocycles. The lowest BCUT2D eigenvalue weighted by Crippen LogP contribution is -2.67. The fraction of sp³-hybridized carbons (Fsp3) is 0.900. The van der Waals surface area contributed by atoms with Gasteiger partial charge >= 0.3 is 7.60 Å². The molecule has 0 saturated heterocycles. The van der Waals surface area contributed by atoms with Crippen LogP contribution in [0.4, 0.5) is 0 Å². The lowest BCUT2D eigenvalue weighted by Gasteiger charge is -2.68. The molecule has 86 valence electrons. The van der Waals surface area contributed by atoms with Crippen LogP contribution >= 0.6 is 7.60 Å². The van der Waals surface area contributed by atoms with Crippen molar-refractivity contribution < 1.29 is 18.4 Å². The fourth-order valence-corrected chi connectivity index (χ4v) is 5.70. The van der Waals surface area contributed by atoms with Gasteiger partial charge in [0.2, 0.25) is 0 Å². The van der Waals surface area contributed by atoms with Gasteiger partial charge in [-0.15, -0.1) is 0 Å². The molecule has 3 aliphatic rings. The molecule has 2 bridgehead atoms. The summed E-state index contributed by atoms with van der Waals surface area (Å²) >= 11 is 0. The summed E-state index contributed by atoms with van der Waals surface area (Å²) in [7, 11) is -2.98. The van der Waals surface area contributed by atoms with Crippen LogP contribution in [0.15, 0.2) is 0 Å². The molecule has 4 nitrogen and oxygen atoms in total. The minimum Gasteiger partial charge on any atom is -0.308 e. The van der Waals surface area contributed by atoms with E-state index in [4.69, 9.17) is 9.05 Å². The first kappa shape index (κ1) is 11.3. The van der Waals surface area contributed by atoms with Crippen molar-refractivity contribution in [3.63, 3.8) is 0 Å². The summed E-state index contributed by atoms with van der Waals surface area (Å²) in [5, 5.41) is -0.333. The molecule has 3 fully saturated rings. The molecule has 3 rings (SSSR count). The number of aldehydes is 1. The van der Waals surface area contributed by atoms with Crippen LogP contribution in [-0.4, -0.2) is 24.7 Å². The van der Waals surface area contributed by atoms with E-state index in [2.05, 4.69) is 0 Å². The number of carbonyl (C=O) groups excluding carboxylic acids is 1. The molecule has 0 amide bonds. The highest BCUT2D eigenvalue weighted by molar-refractivity contribution is 7.56. The fourth-order valence-electron chi connectivity index (χ4n) is 2.88. The smallest absolute Gasteiger partial charge is 0.308 e. The van der Waals surface area contributed by atoms with Crippen LogP contribution in [0.1, 0.15) is 33.1 Å². The maximum absolute atomic E-state index is 12.5. The minimum absolute atomic E-state index is 0.191. The second-order valence-corrected chi connectivity index (χ2v) is 7.03. The quantitative estimate of drug-likeness (QED) is 0.521. The normalized spacial score (nSPS) is 38.0. The highest BCUT2D eigenvalue weighted by Crippen LogP contribution is 2.83. The van der Waals surface area contributed by atoms with Gasteiger partial charge in [0.05, 0.1) is 18.4 Å². The Morgan fingerprint density at radius 3 is 2.00 bits per heavy atom. The summed E-state index contributed by atoms with van der Waals surface area (Å²) in [6, 6.07) is 0. The molecular formula is C10H17O4P. The van der Waals surface area contributed by atoms with Crippen LogP contribution in [0.5, 0.6) is 0 Å². The zero-order valence-corrected chi connectivity index (χ0v) is 10.1. The Bertz CT molecular complexity index is 296. The Morgan fingerprint density at radius 2 is 1.67 bits per heavy atom. The Kier molecular flexibility index (Phi) is 2.57. The van der Waals surface area contributed by atoms with Gasteiger partial charge in [0, 0.05) is 5.41 Å². The Hall–Kier alpha value is -0.180. The largest absolute Gasteiger partial charge is 0.336 e. The van der Waals surface area contributed by atoms with Crippen molar-refractivity contribution in [1.29, 1.82) is 0 Å². The van der Waals surface area contributed by atoms with E-state index >= 15 is 0 Å². The maximum Gasteiger partial charge on any atom is 0.336 e. The van der Waals surface area contributed by atoms with Crippen molar-refractivity contribution in [2.45, 2.75) is 38.3 Å². The molecule has 0 heterocycles. The Balaban J connectivity index is 2.09. The van der Waals surface area contributed by atoms with Crippen LogP contribution < -0.4 is 0 Å². The molecule has 0 aromatic carbocycles. The van der Waals surface area contributed by atoms with Crippen LogP contribution in [0.25, 0.3) is 0 Å². The zero-order valence-electron chi connectivity index (χ0n) is 9.19. The zero-order chi connectivity index (χ0) is 11.2. The monoisotopic (exact) mass is 232 g/mol. The van der Waals surface area contributed by atoms with Crippen LogP contribution in [0.3, 0.4) is 0 Å². The summed E-state index contributed by atoms with van der Waals surface area (Å²) in [6.45, 7) is 4.42. The van der Waals surface area contributed by atoms with Crippen molar-refractivity contribution in [3.8, 4) is 0 Å². The number of rotatable bonds is 6. The number of carbonyl (C=O) groups is 1. The third-order valence-electron chi connectivity index (χ3n) is 3.47. The average Bonchev–Trinajstić information content (AvgIpc) is 2.00. The van der Waals surface area contributed by atoms with E-state index in [1.807, 2.05) is 13.8 Å². The van der Waals surface area contributed by atoms with Gasteiger partial charge in [-0.05, 0) is 33.1 Å². The summed E-state index contributed by atoms with van der Waals surface area (Å²) in [5.74, 6) is 0. The van der Waals surface area contributed by atoms with Gasteiger partial charge in [-0.25, -0.2) is 0 Å². The van der Waals surface area contributed by atoms with E-state index in [-0.39, 0.29) is 10.6 Å². The summed E-state index contributed by atoms with van der Waals surface area (Å²) in [6.07, 6.45) is 3.04. The van der Waals surface area contributed by atoms with Gasteiger partial charge in [-0.2, -0.15) is 0 Å². The highest BCUT2D eigenvalue weighted by atomic mass is 31.2. The lowest BCUT2D eigenvalue weighted by molar-refractivity contribution is -0.144. The molecule has 0 unspecified atom stereocenters. The summed E-state index contributed by atoms with van der Waals surface area (Å²) < 4.78 is 23.1. The second-order valence-electron chi connectivity index (χ2n) is 4.57. The molecular weight excluding hydrogens is 215 g/mol. The van der Waals surface area contributed by atoms with Crippen molar-refractivity contribution in [2.75, 3.05) is 13.2 Å². The summed E-state index contributed by atoms with van der Waals surface area (Å²) in [4.78, 5) is 10.8. The molecule has 0 atom stereocenters. The van der Waals surface area contributed by atoms with E-state index in [1.165, 1.54) is 0 Å². The molecule has 0 aromatic heterocycles. The van der Waals surface area contributed by atoms with Gasteiger partial charge in [-0.3, -0.25) is 4.57 Å². The molecule has 0 radical (unpaired) electrons. The van der Waals surface area contributed by atoms with Crippen molar-refractivity contribution in [1.82, 2.24) is 0 Å². The highest BCUT2D eigenvalue weighted by Gasteiger charge is 2.76. The van der Waals surface area contributed by atoms with Crippen molar-refractivity contribution in [2.24, 2.45) is 5.41 Å². The molecule has 5 heteroatoms. The molecule has 0 aromatic rings. The third-order valence-corrected chi connectivity index (χ3v) is 6.30. The van der Waals surface area contributed by atoms with Crippen LogP contribution in [0.2, 0.25) is 0 Å². The van der Waals surface area contributed by atoms with Crippen molar-refractivity contribution in [3.05, 3.63) is 0 Å². The van der Waals surface area contributed by atoms with Gasteiger partial charge < -0.3 is 13.8 Å². The maximum atomic E-state index is 12.5. The van der Waals surface area contributed by atoms with Gasteiger partial charge in [0.15, 0.2) is 0 Å². The first-order chi connectivity index (χ1) is 7.05. The molecule has 0 N–H and O–H groups in total. The number of hydrogen-bond acceptors (Lipinski definition) is 4. The van der Waals surface area contributed by atoms with Crippen molar-refractivity contribution >= 4 is 13.9 Å². The predicted octanol–water partition coefficient (Wildman–Crippen LogP) is 2.37. The van der Waals surface area contributed by atoms with Gasteiger partial charge in [0.1, 0.15) is 6.29 Å². The summed E-state index contributed by atoms with van der Waals surface area (Å²) in [5.41, 5.74) is -0.191. The topological polar surface area (TPSA) is 52.6 Å². The van der Waals surface area contributed by atoms with Crippen LogP contribution in [-0.2, 0) is 18.4 Å². The molecule has 15 heavy (non-hydrogen) atoms. The van der Waals surface area contributed by atoms with E-state index < -0.39 is 7.60 Å².